The predicted octanol–water partition coefficient (Wildman–Crippen LogP) is 3.55. The van der Waals surface area contributed by atoms with Crippen LogP contribution in [0.3, 0.4) is 0 Å². The quantitative estimate of drug-likeness (QED) is 0.362. The summed E-state index contributed by atoms with van der Waals surface area (Å²) in [7, 11) is 6.06. The van der Waals surface area contributed by atoms with Gasteiger partial charge in [-0.3, -0.25) is 4.79 Å². The molecule has 0 saturated heterocycles. The first-order valence-corrected chi connectivity index (χ1v) is 8.80. The molecular formula is C22H24O7. The Bertz CT molecular complexity index is 860. The maximum Gasteiger partial charge on any atom is 0.331 e. The van der Waals surface area contributed by atoms with E-state index in [-0.39, 0.29) is 5.78 Å². The molecular weight excluding hydrogens is 376 g/mol. The van der Waals surface area contributed by atoms with Crippen LogP contribution in [-0.2, 0) is 9.53 Å². The van der Waals surface area contributed by atoms with E-state index in [0.717, 1.165) is 0 Å². The molecule has 0 saturated carbocycles. The Hall–Kier alpha value is -3.48. The maximum absolute atomic E-state index is 12.4. The number of ether oxygens (including phenoxy) is 5. The average molecular weight is 400 g/mol. The highest BCUT2D eigenvalue weighted by atomic mass is 16.5. The Balaban J connectivity index is 2.07. The predicted molar refractivity (Wildman–Crippen MR) is 108 cm³/mol. The molecule has 0 unspecified atom stereocenters. The zero-order chi connectivity index (χ0) is 21.4. The summed E-state index contributed by atoms with van der Waals surface area (Å²) in [5.74, 6) is 1.06. The summed E-state index contributed by atoms with van der Waals surface area (Å²) in [5, 5.41) is 0. The molecule has 0 spiro atoms. The van der Waals surface area contributed by atoms with Crippen molar-refractivity contribution in [1.29, 1.82) is 0 Å². The molecule has 0 aliphatic heterocycles. The fourth-order valence-electron chi connectivity index (χ4n) is 2.62. The van der Waals surface area contributed by atoms with Crippen molar-refractivity contribution in [3.63, 3.8) is 0 Å². The van der Waals surface area contributed by atoms with Crippen LogP contribution >= 0.6 is 0 Å². The minimum absolute atomic E-state index is 0.304. The molecule has 0 fully saturated rings. The van der Waals surface area contributed by atoms with Crippen LogP contribution in [0, 0.1) is 0 Å². The van der Waals surface area contributed by atoms with E-state index < -0.39 is 12.1 Å². The first-order valence-electron chi connectivity index (χ1n) is 8.80. The standard InChI is InChI=1S/C22H24O7/c1-14(21(24)16-7-9-17(25-2)10-8-16)29-20(23)11-6-15-12-18(26-3)22(28-5)19(13-15)27-4/h6-14H,1-5H3/b11-6+/t14-/m1/s1. The van der Waals surface area contributed by atoms with E-state index in [1.165, 1.54) is 40.4 Å². The van der Waals surface area contributed by atoms with Gasteiger partial charge in [-0.2, -0.15) is 0 Å². The van der Waals surface area contributed by atoms with E-state index in [0.29, 0.717) is 34.1 Å². The molecule has 29 heavy (non-hydrogen) atoms. The van der Waals surface area contributed by atoms with Gasteiger partial charge in [-0.25, -0.2) is 4.79 Å². The summed E-state index contributed by atoms with van der Waals surface area (Å²) in [6, 6.07) is 9.97. The van der Waals surface area contributed by atoms with Gasteiger partial charge in [0.15, 0.2) is 17.6 Å². The Labute approximate surface area is 169 Å². The number of benzene rings is 2. The van der Waals surface area contributed by atoms with E-state index in [4.69, 9.17) is 23.7 Å². The van der Waals surface area contributed by atoms with E-state index >= 15 is 0 Å². The smallest absolute Gasteiger partial charge is 0.331 e. The second kappa shape index (κ2) is 10.2. The molecule has 0 heterocycles. The number of hydrogen-bond donors (Lipinski definition) is 0. The maximum atomic E-state index is 12.4. The van der Waals surface area contributed by atoms with Gasteiger partial charge in [0.1, 0.15) is 5.75 Å². The van der Waals surface area contributed by atoms with Crippen LogP contribution in [0.25, 0.3) is 6.08 Å². The number of esters is 1. The largest absolute Gasteiger partial charge is 0.497 e. The van der Waals surface area contributed by atoms with Crippen LogP contribution in [0.15, 0.2) is 42.5 Å². The summed E-state index contributed by atoms with van der Waals surface area (Å²) >= 11 is 0. The molecule has 2 aromatic rings. The summed E-state index contributed by atoms with van der Waals surface area (Å²) in [6.45, 7) is 1.53. The molecule has 2 rings (SSSR count). The molecule has 0 amide bonds. The van der Waals surface area contributed by atoms with Crippen molar-refractivity contribution in [2.24, 2.45) is 0 Å². The number of Topliss-reactive ketones (excluding diaryl/α,β-unsaturated/α-hetero) is 1. The van der Waals surface area contributed by atoms with Gasteiger partial charge in [0, 0.05) is 11.6 Å². The lowest BCUT2D eigenvalue weighted by molar-refractivity contribution is -0.140. The van der Waals surface area contributed by atoms with Crippen LogP contribution in [0.5, 0.6) is 23.0 Å². The zero-order valence-corrected chi connectivity index (χ0v) is 17.1. The first-order chi connectivity index (χ1) is 13.9. The summed E-state index contributed by atoms with van der Waals surface area (Å²) in [5.41, 5.74) is 1.07. The van der Waals surface area contributed by atoms with Crippen LogP contribution in [0.1, 0.15) is 22.8 Å². The van der Waals surface area contributed by atoms with Crippen molar-refractivity contribution in [2.75, 3.05) is 28.4 Å². The van der Waals surface area contributed by atoms with Crippen molar-refractivity contribution >= 4 is 17.8 Å². The third-order valence-corrected chi connectivity index (χ3v) is 4.14. The SMILES string of the molecule is COc1ccc(C(=O)[C@@H](C)OC(=O)/C=C/c2cc(OC)c(OC)c(OC)c2)cc1. The Morgan fingerprint density at radius 3 is 1.93 bits per heavy atom. The van der Waals surface area contributed by atoms with Gasteiger partial charge in [0.2, 0.25) is 11.5 Å². The first kappa shape index (κ1) is 21.8. The lowest BCUT2D eigenvalue weighted by Gasteiger charge is -2.13. The topological polar surface area (TPSA) is 80.3 Å². The average Bonchev–Trinajstić information content (AvgIpc) is 2.76. The fourth-order valence-corrected chi connectivity index (χ4v) is 2.62. The van der Waals surface area contributed by atoms with Crippen LogP contribution < -0.4 is 18.9 Å². The highest BCUT2D eigenvalue weighted by Gasteiger charge is 2.19. The molecule has 154 valence electrons. The van der Waals surface area contributed by atoms with E-state index in [1.54, 1.807) is 43.5 Å². The highest BCUT2D eigenvalue weighted by Crippen LogP contribution is 2.38. The number of carbonyl (C=O) groups is 2. The Kier molecular flexibility index (Phi) is 7.65. The van der Waals surface area contributed by atoms with Gasteiger partial charge >= 0.3 is 5.97 Å². The molecule has 0 N–H and O–H groups in total. The molecule has 0 radical (unpaired) electrons. The normalized spacial score (nSPS) is 11.6. The van der Waals surface area contributed by atoms with Crippen LogP contribution in [0.4, 0.5) is 0 Å². The summed E-state index contributed by atoms with van der Waals surface area (Å²) in [4.78, 5) is 24.5. The third kappa shape index (κ3) is 5.51. The van der Waals surface area contributed by atoms with Gasteiger partial charge in [-0.05, 0) is 55.0 Å². The van der Waals surface area contributed by atoms with Crippen molar-refractivity contribution in [3.8, 4) is 23.0 Å². The molecule has 7 heteroatoms. The lowest BCUT2D eigenvalue weighted by atomic mass is 10.1. The summed E-state index contributed by atoms with van der Waals surface area (Å²) < 4.78 is 26.1. The molecule has 2 aromatic carbocycles. The van der Waals surface area contributed by atoms with Gasteiger partial charge in [0.05, 0.1) is 28.4 Å². The van der Waals surface area contributed by atoms with Crippen LogP contribution in [0.2, 0.25) is 0 Å². The highest BCUT2D eigenvalue weighted by molar-refractivity contribution is 6.01. The van der Waals surface area contributed by atoms with Gasteiger partial charge in [-0.1, -0.05) is 0 Å². The number of rotatable bonds is 9. The molecule has 0 bridgehead atoms. The third-order valence-electron chi connectivity index (χ3n) is 4.14. The minimum atomic E-state index is -0.930. The van der Waals surface area contributed by atoms with Gasteiger partial charge in [0.25, 0.3) is 0 Å². The van der Waals surface area contributed by atoms with Crippen molar-refractivity contribution in [1.82, 2.24) is 0 Å². The summed E-state index contributed by atoms with van der Waals surface area (Å²) in [6.07, 6.45) is 1.84. The second-order valence-electron chi connectivity index (χ2n) is 5.96. The molecule has 1 atom stereocenters. The number of hydrogen-bond acceptors (Lipinski definition) is 7. The molecule has 7 nitrogen and oxygen atoms in total. The molecule has 0 aliphatic rings. The van der Waals surface area contributed by atoms with E-state index in [1.807, 2.05) is 0 Å². The number of carbonyl (C=O) groups excluding carboxylic acids is 2. The Morgan fingerprint density at radius 1 is 0.862 bits per heavy atom. The number of ketones is 1. The van der Waals surface area contributed by atoms with Gasteiger partial charge < -0.3 is 23.7 Å². The second-order valence-corrected chi connectivity index (χ2v) is 5.96. The van der Waals surface area contributed by atoms with E-state index in [2.05, 4.69) is 0 Å². The zero-order valence-electron chi connectivity index (χ0n) is 17.1. The molecule has 0 aromatic heterocycles. The van der Waals surface area contributed by atoms with Crippen molar-refractivity contribution in [3.05, 3.63) is 53.6 Å². The molecule has 0 aliphatic carbocycles. The fraction of sp³-hybridized carbons (Fsp3) is 0.273. The van der Waals surface area contributed by atoms with Crippen molar-refractivity contribution in [2.45, 2.75) is 13.0 Å². The Morgan fingerprint density at radius 2 is 1.45 bits per heavy atom. The van der Waals surface area contributed by atoms with E-state index in [9.17, 15) is 9.59 Å². The minimum Gasteiger partial charge on any atom is -0.497 e. The van der Waals surface area contributed by atoms with Crippen LogP contribution in [-0.4, -0.2) is 46.3 Å². The number of methoxy groups -OCH3 is 4. The lowest BCUT2D eigenvalue weighted by Crippen LogP contribution is -2.23. The van der Waals surface area contributed by atoms with Crippen molar-refractivity contribution < 1.29 is 33.3 Å². The monoisotopic (exact) mass is 400 g/mol. The van der Waals surface area contributed by atoms with Gasteiger partial charge in [-0.15, -0.1) is 0 Å².